The number of aromatic nitrogens is 3. The van der Waals surface area contributed by atoms with E-state index in [1.54, 1.807) is 12.4 Å². The van der Waals surface area contributed by atoms with Crippen molar-refractivity contribution in [2.24, 2.45) is 5.73 Å². The van der Waals surface area contributed by atoms with Crippen LogP contribution in [0.3, 0.4) is 0 Å². The number of rotatable bonds is 4. The molecule has 1 unspecified atom stereocenters. The minimum absolute atomic E-state index is 0.107. The molecule has 0 saturated heterocycles. The number of benzene rings is 1. The summed E-state index contributed by atoms with van der Waals surface area (Å²) in [6.07, 6.45) is 4.38. The van der Waals surface area contributed by atoms with E-state index in [9.17, 15) is 0 Å². The molecule has 1 aromatic carbocycles. The molecule has 0 saturated carbocycles. The van der Waals surface area contributed by atoms with Gasteiger partial charge >= 0.3 is 0 Å². The Morgan fingerprint density at radius 3 is 2.75 bits per heavy atom. The van der Waals surface area contributed by atoms with Crippen molar-refractivity contribution in [3.05, 3.63) is 60.2 Å². The molecule has 2 heterocycles. The summed E-state index contributed by atoms with van der Waals surface area (Å²) in [6, 6.07) is 12.2. The van der Waals surface area contributed by atoms with Crippen LogP contribution >= 0.6 is 0 Å². The van der Waals surface area contributed by atoms with Crippen LogP contribution < -0.4 is 5.73 Å². The van der Waals surface area contributed by atoms with Gasteiger partial charge in [-0.05, 0) is 25.0 Å². The summed E-state index contributed by atoms with van der Waals surface area (Å²) in [5.74, 6) is 0.930. The summed E-state index contributed by atoms with van der Waals surface area (Å²) in [6.45, 7) is 2.97. The predicted octanol–water partition coefficient (Wildman–Crippen LogP) is 2.69. The van der Waals surface area contributed by atoms with E-state index < -0.39 is 0 Å². The third-order valence-corrected chi connectivity index (χ3v) is 3.53. The number of fused-ring (bicyclic) bond motifs is 1. The van der Waals surface area contributed by atoms with E-state index in [4.69, 9.17) is 5.73 Å². The standard InChI is InChI=1S/C16H18N4/c1-2-20-15-8-9-18-11-14(15)19-16(20)13(17)10-12-6-4-3-5-7-12/h3-9,11,13H,2,10,17H2,1H3. The number of aryl methyl sites for hydroxylation is 1. The van der Waals surface area contributed by atoms with Gasteiger partial charge < -0.3 is 10.3 Å². The molecule has 2 N–H and O–H groups in total. The maximum Gasteiger partial charge on any atom is 0.127 e. The third-order valence-electron chi connectivity index (χ3n) is 3.53. The number of hydrogen-bond donors (Lipinski definition) is 1. The lowest BCUT2D eigenvalue weighted by Crippen LogP contribution is -2.18. The Labute approximate surface area is 118 Å². The van der Waals surface area contributed by atoms with Crippen molar-refractivity contribution in [2.45, 2.75) is 25.9 Å². The summed E-state index contributed by atoms with van der Waals surface area (Å²) in [4.78, 5) is 8.78. The molecule has 3 rings (SSSR count). The summed E-state index contributed by atoms with van der Waals surface area (Å²) in [7, 11) is 0. The summed E-state index contributed by atoms with van der Waals surface area (Å²) in [5.41, 5.74) is 9.60. The van der Waals surface area contributed by atoms with Crippen LogP contribution in [-0.4, -0.2) is 14.5 Å². The van der Waals surface area contributed by atoms with Crippen molar-refractivity contribution in [1.82, 2.24) is 14.5 Å². The molecule has 2 aromatic heterocycles. The zero-order chi connectivity index (χ0) is 13.9. The molecule has 0 radical (unpaired) electrons. The van der Waals surface area contributed by atoms with Gasteiger partial charge in [-0.2, -0.15) is 0 Å². The lowest BCUT2D eigenvalue weighted by molar-refractivity contribution is 0.609. The first kappa shape index (κ1) is 12.8. The number of nitrogens with zero attached hydrogens (tertiary/aromatic N) is 3. The van der Waals surface area contributed by atoms with Crippen LogP contribution in [0.5, 0.6) is 0 Å². The Kier molecular flexibility index (Phi) is 3.48. The van der Waals surface area contributed by atoms with Gasteiger partial charge in [0, 0.05) is 12.7 Å². The topological polar surface area (TPSA) is 56.7 Å². The first-order chi connectivity index (χ1) is 9.79. The summed E-state index contributed by atoms with van der Waals surface area (Å²) >= 11 is 0. The van der Waals surface area contributed by atoms with Gasteiger partial charge in [0.25, 0.3) is 0 Å². The summed E-state index contributed by atoms with van der Waals surface area (Å²) < 4.78 is 2.17. The molecule has 3 aromatic rings. The van der Waals surface area contributed by atoms with Gasteiger partial charge in [0.05, 0.1) is 17.8 Å². The Morgan fingerprint density at radius 2 is 2.00 bits per heavy atom. The van der Waals surface area contributed by atoms with Crippen LogP contribution in [0, 0.1) is 0 Å². The molecule has 1 atom stereocenters. The molecular formula is C16H18N4. The second-order valence-corrected chi connectivity index (χ2v) is 4.87. The predicted molar refractivity (Wildman–Crippen MR) is 80.3 cm³/mol. The highest BCUT2D eigenvalue weighted by molar-refractivity contribution is 5.74. The maximum atomic E-state index is 6.36. The SMILES string of the molecule is CCn1c(C(N)Cc2ccccc2)nc2cnccc21. The molecule has 20 heavy (non-hydrogen) atoms. The van der Waals surface area contributed by atoms with Gasteiger partial charge in [-0.1, -0.05) is 30.3 Å². The van der Waals surface area contributed by atoms with Gasteiger partial charge in [-0.15, -0.1) is 0 Å². The normalized spacial score (nSPS) is 12.7. The van der Waals surface area contributed by atoms with Crippen LogP contribution in [0.15, 0.2) is 48.8 Å². The fourth-order valence-corrected chi connectivity index (χ4v) is 2.58. The number of imidazole rings is 1. The molecule has 0 aliphatic rings. The third kappa shape index (κ3) is 2.30. The van der Waals surface area contributed by atoms with E-state index in [1.165, 1.54) is 5.56 Å². The molecule has 4 heteroatoms. The lowest BCUT2D eigenvalue weighted by Gasteiger charge is -2.13. The van der Waals surface area contributed by atoms with E-state index in [-0.39, 0.29) is 6.04 Å². The second kappa shape index (κ2) is 5.43. The smallest absolute Gasteiger partial charge is 0.127 e. The fourth-order valence-electron chi connectivity index (χ4n) is 2.58. The van der Waals surface area contributed by atoms with E-state index in [0.717, 1.165) is 29.8 Å². The highest BCUT2D eigenvalue weighted by Gasteiger charge is 2.16. The highest BCUT2D eigenvalue weighted by atomic mass is 15.1. The van der Waals surface area contributed by atoms with Gasteiger partial charge in [0.1, 0.15) is 11.3 Å². The first-order valence-electron chi connectivity index (χ1n) is 6.89. The quantitative estimate of drug-likeness (QED) is 0.790. The van der Waals surface area contributed by atoms with Crippen molar-refractivity contribution in [2.75, 3.05) is 0 Å². The van der Waals surface area contributed by atoms with Crippen molar-refractivity contribution >= 4 is 11.0 Å². The van der Waals surface area contributed by atoms with Gasteiger partial charge in [-0.3, -0.25) is 4.98 Å². The number of nitrogens with two attached hydrogens (primary N) is 1. The first-order valence-corrected chi connectivity index (χ1v) is 6.89. The summed E-state index contributed by atoms with van der Waals surface area (Å²) in [5, 5.41) is 0. The Balaban J connectivity index is 1.97. The largest absolute Gasteiger partial charge is 0.327 e. The molecule has 0 spiro atoms. The number of pyridine rings is 1. The van der Waals surface area contributed by atoms with Gasteiger partial charge in [0.2, 0.25) is 0 Å². The van der Waals surface area contributed by atoms with Crippen molar-refractivity contribution in [3.63, 3.8) is 0 Å². The van der Waals surface area contributed by atoms with Crippen LogP contribution in [0.1, 0.15) is 24.4 Å². The molecule has 4 nitrogen and oxygen atoms in total. The molecule has 102 valence electrons. The van der Waals surface area contributed by atoms with Crippen molar-refractivity contribution in [1.29, 1.82) is 0 Å². The molecular weight excluding hydrogens is 248 g/mol. The van der Waals surface area contributed by atoms with Crippen molar-refractivity contribution < 1.29 is 0 Å². The van der Waals surface area contributed by atoms with E-state index in [2.05, 4.69) is 33.6 Å². The van der Waals surface area contributed by atoms with Crippen molar-refractivity contribution in [3.8, 4) is 0 Å². The maximum absolute atomic E-state index is 6.36. The molecule has 0 bridgehead atoms. The molecule has 0 aliphatic carbocycles. The van der Waals surface area contributed by atoms with Crippen LogP contribution in [-0.2, 0) is 13.0 Å². The molecule has 0 amide bonds. The van der Waals surface area contributed by atoms with Crippen LogP contribution in [0.25, 0.3) is 11.0 Å². The zero-order valence-electron chi connectivity index (χ0n) is 11.5. The van der Waals surface area contributed by atoms with Gasteiger partial charge in [-0.25, -0.2) is 4.98 Å². The van der Waals surface area contributed by atoms with Gasteiger partial charge in [0.15, 0.2) is 0 Å². The van der Waals surface area contributed by atoms with E-state index in [1.807, 2.05) is 24.3 Å². The van der Waals surface area contributed by atoms with Crippen LogP contribution in [0.4, 0.5) is 0 Å². The Bertz CT molecular complexity index is 703. The minimum Gasteiger partial charge on any atom is -0.327 e. The van der Waals surface area contributed by atoms with E-state index in [0.29, 0.717) is 0 Å². The minimum atomic E-state index is -0.107. The number of hydrogen-bond acceptors (Lipinski definition) is 3. The monoisotopic (exact) mass is 266 g/mol. The second-order valence-electron chi connectivity index (χ2n) is 4.87. The molecule has 0 fully saturated rings. The zero-order valence-corrected chi connectivity index (χ0v) is 11.5. The van der Waals surface area contributed by atoms with Crippen LogP contribution in [0.2, 0.25) is 0 Å². The Morgan fingerprint density at radius 1 is 1.20 bits per heavy atom. The Hall–Kier alpha value is -2.20. The van der Waals surface area contributed by atoms with E-state index >= 15 is 0 Å². The lowest BCUT2D eigenvalue weighted by atomic mass is 10.1. The highest BCUT2D eigenvalue weighted by Crippen LogP contribution is 2.21. The average Bonchev–Trinajstić information content (AvgIpc) is 2.87. The average molecular weight is 266 g/mol. The molecule has 0 aliphatic heterocycles. The fraction of sp³-hybridized carbons (Fsp3) is 0.250.